The summed E-state index contributed by atoms with van der Waals surface area (Å²) in [6.07, 6.45) is 3.12. The Hall–Kier alpha value is -1.44. The molecule has 0 aromatic heterocycles. The summed E-state index contributed by atoms with van der Waals surface area (Å²) < 4.78 is 28.3. The number of piperidine rings is 1. The van der Waals surface area contributed by atoms with Crippen molar-refractivity contribution in [3.63, 3.8) is 0 Å². The van der Waals surface area contributed by atoms with Gasteiger partial charge in [-0.05, 0) is 70.0 Å². The number of rotatable bonds is 4. The molecule has 2 saturated heterocycles. The van der Waals surface area contributed by atoms with Crippen LogP contribution in [0.15, 0.2) is 17.0 Å². The Morgan fingerprint density at radius 3 is 2.22 bits per heavy atom. The molecule has 1 atom stereocenters. The van der Waals surface area contributed by atoms with Crippen LogP contribution in [0.1, 0.15) is 42.4 Å². The molecule has 6 nitrogen and oxygen atoms in total. The molecule has 150 valence electrons. The van der Waals surface area contributed by atoms with Crippen molar-refractivity contribution in [2.45, 2.75) is 57.4 Å². The van der Waals surface area contributed by atoms with E-state index in [2.05, 4.69) is 0 Å². The van der Waals surface area contributed by atoms with Gasteiger partial charge in [-0.15, -0.1) is 0 Å². The van der Waals surface area contributed by atoms with E-state index >= 15 is 0 Å². The quantitative estimate of drug-likeness (QED) is 0.848. The molecule has 2 aliphatic rings. The summed E-state index contributed by atoms with van der Waals surface area (Å²) >= 11 is 0. The van der Waals surface area contributed by atoms with Gasteiger partial charge in [0.25, 0.3) is 0 Å². The van der Waals surface area contributed by atoms with Gasteiger partial charge in [0.05, 0.1) is 4.90 Å². The van der Waals surface area contributed by atoms with E-state index in [1.54, 1.807) is 0 Å². The van der Waals surface area contributed by atoms with Crippen molar-refractivity contribution < 1.29 is 13.2 Å². The fourth-order valence-electron chi connectivity index (χ4n) is 4.57. The number of hydrogen-bond acceptors (Lipinski definition) is 4. The third-order valence-electron chi connectivity index (χ3n) is 5.92. The molecule has 3 rings (SSSR count). The number of aryl methyl sites for hydroxylation is 3. The molecule has 1 aromatic carbocycles. The molecule has 0 spiro atoms. The van der Waals surface area contributed by atoms with E-state index in [9.17, 15) is 13.2 Å². The van der Waals surface area contributed by atoms with Crippen molar-refractivity contribution in [1.82, 2.24) is 9.21 Å². The zero-order valence-electron chi connectivity index (χ0n) is 16.6. The molecule has 27 heavy (non-hydrogen) atoms. The molecule has 2 heterocycles. The van der Waals surface area contributed by atoms with Crippen LogP contribution >= 0.6 is 0 Å². The minimum atomic E-state index is -3.70. The van der Waals surface area contributed by atoms with Crippen LogP contribution in [0.4, 0.5) is 0 Å². The third-order valence-corrected chi connectivity index (χ3v) is 8.13. The Balaban J connectivity index is 1.85. The minimum Gasteiger partial charge on any atom is -0.341 e. The molecule has 0 radical (unpaired) electrons. The lowest BCUT2D eigenvalue weighted by Crippen LogP contribution is -2.50. The summed E-state index contributed by atoms with van der Waals surface area (Å²) in [5, 5.41) is 0. The number of carbonyl (C=O) groups excluding carboxylic acids is 1. The molecule has 0 bridgehead atoms. The minimum absolute atomic E-state index is 0.0473. The maximum Gasteiger partial charge on any atom is 0.244 e. The van der Waals surface area contributed by atoms with Crippen LogP contribution in [0.25, 0.3) is 0 Å². The predicted molar refractivity (Wildman–Crippen MR) is 106 cm³/mol. The van der Waals surface area contributed by atoms with Gasteiger partial charge in [0, 0.05) is 19.6 Å². The lowest BCUT2D eigenvalue weighted by molar-refractivity contribution is -0.136. The van der Waals surface area contributed by atoms with Gasteiger partial charge in [0.15, 0.2) is 0 Å². The highest BCUT2D eigenvalue weighted by atomic mass is 32.2. The van der Waals surface area contributed by atoms with Gasteiger partial charge in [0.1, 0.15) is 6.04 Å². The van der Waals surface area contributed by atoms with Crippen LogP contribution in [0.5, 0.6) is 0 Å². The second-order valence-electron chi connectivity index (χ2n) is 8.01. The highest BCUT2D eigenvalue weighted by Crippen LogP contribution is 2.32. The molecule has 2 fully saturated rings. The first-order valence-electron chi connectivity index (χ1n) is 9.84. The molecule has 0 aliphatic carbocycles. The van der Waals surface area contributed by atoms with E-state index in [4.69, 9.17) is 5.73 Å². The van der Waals surface area contributed by atoms with Crippen molar-refractivity contribution in [2.75, 3.05) is 26.2 Å². The van der Waals surface area contributed by atoms with E-state index in [1.807, 2.05) is 37.8 Å². The van der Waals surface area contributed by atoms with Crippen molar-refractivity contribution in [2.24, 2.45) is 11.7 Å². The van der Waals surface area contributed by atoms with Gasteiger partial charge in [-0.2, -0.15) is 4.31 Å². The van der Waals surface area contributed by atoms with Gasteiger partial charge in [-0.1, -0.05) is 17.7 Å². The lowest BCUT2D eigenvalue weighted by atomic mass is 9.96. The number of amides is 1. The van der Waals surface area contributed by atoms with Crippen molar-refractivity contribution >= 4 is 15.9 Å². The fraction of sp³-hybridized carbons (Fsp3) is 0.650. The first-order valence-corrected chi connectivity index (χ1v) is 11.3. The largest absolute Gasteiger partial charge is 0.341 e. The summed E-state index contributed by atoms with van der Waals surface area (Å²) in [4.78, 5) is 15.3. The fourth-order valence-corrected chi connectivity index (χ4v) is 6.63. The molecule has 0 saturated carbocycles. The molecule has 2 N–H and O–H groups in total. The van der Waals surface area contributed by atoms with E-state index in [0.29, 0.717) is 43.4 Å². The van der Waals surface area contributed by atoms with Crippen molar-refractivity contribution in [3.05, 3.63) is 28.8 Å². The number of hydrogen-bond donors (Lipinski definition) is 1. The first kappa shape index (κ1) is 20.3. The Kier molecular flexibility index (Phi) is 5.93. The molecule has 2 aliphatic heterocycles. The number of benzene rings is 1. The maximum atomic E-state index is 13.4. The molecular formula is C20H31N3O3S. The number of nitrogens with two attached hydrogens (primary N) is 1. The summed E-state index contributed by atoms with van der Waals surface area (Å²) in [6, 6.07) is 3.21. The summed E-state index contributed by atoms with van der Waals surface area (Å²) in [5.74, 6) is 0.421. The van der Waals surface area contributed by atoms with Gasteiger partial charge in [0.2, 0.25) is 15.9 Å². The average Bonchev–Trinajstić information content (AvgIpc) is 3.10. The molecule has 1 aromatic rings. The smallest absolute Gasteiger partial charge is 0.244 e. The molecule has 1 unspecified atom stereocenters. The monoisotopic (exact) mass is 393 g/mol. The van der Waals surface area contributed by atoms with E-state index in [-0.39, 0.29) is 5.91 Å². The predicted octanol–water partition coefficient (Wildman–Crippen LogP) is 1.96. The highest BCUT2D eigenvalue weighted by molar-refractivity contribution is 7.89. The molecule has 7 heteroatoms. The van der Waals surface area contributed by atoms with Crippen molar-refractivity contribution in [1.29, 1.82) is 0 Å². The summed E-state index contributed by atoms with van der Waals surface area (Å²) in [7, 11) is -3.70. The van der Waals surface area contributed by atoms with Gasteiger partial charge in [-0.3, -0.25) is 4.79 Å². The van der Waals surface area contributed by atoms with Crippen LogP contribution in [0, 0.1) is 26.7 Å². The van der Waals surface area contributed by atoms with Gasteiger partial charge >= 0.3 is 0 Å². The lowest BCUT2D eigenvalue weighted by Gasteiger charge is -2.35. The van der Waals surface area contributed by atoms with Crippen LogP contribution in [0.2, 0.25) is 0 Å². The second kappa shape index (κ2) is 7.89. The zero-order valence-corrected chi connectivity index (χ0v) is 17.4. The number of likely N-dealkylation sites (tertiary alicyclic amines) is 1. The Bertz CT molecular complexity index is 791. The standard InChI is InChI=1S/C20H31N3O3S/c1-14-11-15(2)19(16(3)12-14)27(25,26)23-8-4-5-18(23)20(24)22-9-6-17(13-21)7-10-22/h11-12,17-18H,4-10,13,21H2,1-3H3. The van der Waals surface area contributed by atoms with Gasteiger partial charge in [-0.25, -0.2) is 8.42 Å². The second-order valence-corrected chi connectivity index (χ2v) is 9.83. The maximum absolute atomic E-state index is 13.4. The summed E-state index contributed by atoms with van der Waals surface area (Å²) in [5.41, 5.74) is 8.27. The van der Waals surface area contributed by atoms with Crippen LogP contribution in [-0.4, -0.2) is 55.8 Å². The number of sulfonamides is 1. The Labute approximate surface area is 162 Å². The third kappa shape index (κ3) is 3.91. The SMILES string of the molecule is Cc1cc(C)c(S(=O)(=O)N2CCCC2C(=O)N2CCC(CN)CC2)c(C)c1. The zero-order chi connectivity index (χ0) is 19.8. The van der Waals surface area contributed by atoms with E-state index in [1.165, 1.54) is 4.31 Å². The van der Waals surface area contributed by atoms with Crippen molar-refractivity contribution in [3.8, 4) is 0 Å². The van der Waals surface area contributed by atoms with Crippen LogP contribution in [0.3, 0.4) is 0 Å². The number of nitrogens with zero attached hydrogens (tertiary/aromatic N) is 2. The Morgan fingerprint density at radius 1 is 1.07 bits per heavy atom. The van der Waals surface area contributed by atoms with Crippen LogP contribution in [-0.2, 0) is 14.8 Å². The van der Waals surface area contributed by atoms with Crippen LogP contribution < -0.4 is 5.73 Å². The highest BCUT2D eigenvalue weighted by Gasteiger charge is 2.42. The van der Waals surface area contributed by atoms with Gasteiger partial charge < -0.3 is 10.6 Å². The first-order chi connectivity index (χ1) is 12.8. The Morgan fingerprint density at radius 2 is 1.67 bits per heavy atom. The average molecular weight is 394 g/mol. The summed E-state index contributed by atoms with van der Waals surface area (Å²) in [6.45, 7) is 8.03. The molecular weight excluding hydrogens is 362 g/mol. The van der Waals surface area contributed by atoms with E-state index in [0.717, 1.165) is 36.0 Å². The topological polar surface area (TPSA) is 83.7 Å². The van der Waals surface area contributed by atoms with E-state index < -0.39 is 16.1 Å². The number of carbonyl (C=O) groups is 1. The normalized spacial score (nSPS) is 22.4. The molecule has 1 amide bonds.